The summed E-state index contributed by atoms with van der Waals surface area (Å²) in [5, 5.41) is 11.1. The Morgan fingerprint density at radius 2 is 1.88 bits per heavy atom. The number of alkyl halides is 2. The van der Waals surface area contributed by atoms with Crippen LogP contribution in [0.5, 0.6) is 5.75 Å². The van der Waals surface area contributed by atoms with E-state index in [2.05, 4.69) is 4.74 Å². The molecular weight excluding hydrogens is 338 g/mol. The van der Waals surface area contributed by atoms with E-state index in [0.717, 1.165) is 11.0 Å². The Morgan fingerprint density at radius 3 is 2.48 bits per heavy atom. The zero-order chi connectivity index (χ0) is 18.3. The Labute approximate surface area is 139 Å². The zero-order valence-electron chi connectivity index (χ0n) is 12.7. The molecule has 128 valence electrons. The van der Waals surface area contributed by atoms with Crippen molar-refractivity contribution < 1.29 is 28.0 Å². The number of benzene rings is 2. The second-order valence-corrected chi connectivity index (χ2v) is 5.23. The van der Waals surface area contributed by atoms with Crippen molar-refractivity contribution >= 4 is 23.2 Å². The van der Waals surface area contributed by atoms with Gasteiger partial charge in [0.25, 0.3) is 17.5 Å². The van der Waals surface area contributed by atoms with Crippen LogP contribution in [0.1, 0.15) is 26.3 Å². The first-order chi connectivity index (χ1) is 11.8. The number of nitro groups is 1. The fraction of sp³-hybridized carbons (Fsp3) is 0.125. The van der Waals surface area contributed by atoms with Crippen LogP contribution in [0.2, 0.25) is 0 Å². The van der Waals surface area contributed by atoms with E-state index in [4.69, 9.17) is 0 Å². The lowest BCUT2D eigenvalue weighted by molar-refractivity contribution is -0.385. The average Bonchev–Trinajstić information content (AvgIpc) is 2.79. The first kappa shape index (κ1) is 16.5. The van der Waals surface area contributed by atoms with Crippen LogP contribution in [0, 0.1) is 17.0 Å². The predicted octanol–water partition coefficient (Wildman–Crippen LogP) is 3.31. The normalized spacial score (nSPS) is 13.4. The number of imide groups is 1. The van der Waals surface area contributed by atoms with Crippen LogP contribution in [0.25, 0.3) is 0 Å². The molecule has 25 heavy (non-hydrogen) atoms. The molecule has 0 unspecified atom stereocenters. The van der Waals surface area contributed by atoms with E-state index in [0.29, 0.717) is 5.56 Å². The fourth-order valence-corrected chi connectivity index (χ4v) is 2.69. The van der Waals surface area contributed by atoms with Crippen LogP contribution in [0.3, 0.4) is 0 Å². The molecule has 0 aliphatic carbocycles. The zero-order valence-corrected chi connectivity index (χ0v) is 12.7. The van der Waals surface area contributed by atoms with Gasteiger partial charge in [0.15, 0.2) is 0 Å². The van der Waals surface area contributed by atoms with Gasteiger partial charge in [-0.15, -0.1) is 0 Å². The second-order valence-electron chi connectivity index (χ2n) is 5.23. The Balaban J connectivity index is 2.06. The number of nitro benzene ring substituents is 1. The van der Waals surface area contributed by atoms with Gasteiger partial charge in [0.05, 0.1) is 16.2 Å². The van der Waals surface area contributed by atoms with Crippen molar-refractivity contribution in [2.75, 3.05) is 4.90 Å². The number of carbonyl (C=O) groups excluding carboxylic acids is 2. The summed E-state index contributed by atoms with van der Waals surface area (Å²) in [4.78, 5) is 36.3. The van der Waals surface area contributed by atoms with Gasteiger partial charge in [0.1, 0.15) is 11.3 Å². The highest BCUT2D eigenvalue weighted by atomic mass is 19.3. The van der Waals surface area contributed by atoms with Crippen molar-refractivity contribution in [3.63, 3.8) is 0 Å². The van der Waals surface area contributed by atoms with E-state index in [-0.39, 0.29) is 22.6 Å². The number of aryl methyl sites for hydroxylation is 1. The predicted molar refractivity (Wildman–Crippen MR) is 82.0 cm³/mol. The molecule has 7 nitrogen and oxygen atoms in total. The maximum atomic E-state index is 12.6. The van der Waals surface area contributed by atoms with Crippen molar-refractivity contribution in [1.29, 1.82) is 0 Å². The Kier molecular flexibility index (Phi) is 3.91. The van der Waals surface area contributed by atoms with E-state index in [1.807, 2.05) is 0 Å². The van der Waals surface area contributed by atoms with Crippen molar-refractivity contribution in [2.24, 2.45) is 0 Å². The quantitative estimate of drug-likeness (QED) is 0.480. The molecule has 2 amide bonds. The van der Waals surface area contributed by atoms with Crippen molar-refractivity contribution in [3.8, 4) is 5.75 Å². The summed E-state index contributed by atoms with van der Waals surface area (Å²) in [5.41, 5.74) is -0.359. The van der Waals surface area contributed by atoms with Gasteiger partial charge in [-0.2, -0.15) is 8.78 Å². The summed E-state index contributed by atoms with van der Waals surface area (Å²) < 4.78 is 28.8. The maximum absolute atomic E-state index is 12.6. The lowest BCUT2D eigenvalue weighted by atomic mass is 10.1. The first-order valence-electron chi connectivity index (χ1n) is 7.03. The molecule has 0 radical (unpaired) electrons. The summed E-state index contributed by atoms with van der Waals surface area (Å²) >= 11 is 0. The largest absolute Gasteiger partial charge is 0.435 e. The van der Waals surface area contributed by atoms with Crippen molar-refractivity contribution in [3.05, 3.63) is 63.2 Å². The van der Waals surface area contributed by atoms with Gasteiger partial charge in [-0.3, -0.25) is 19.7 Å². The van der Waals surface area contributed by atoms with Crippen molar-refractivity contribution in [1.82, 2.24) is 0 Å². The molecule has 0 N–H and O–H groups in total. The van der Waals surface area contributed by atoms with E-state index >= 15 is 0 Å². The lowest BCUT2D eigenvalue weighted by Gasteiger charge is -2.17. The molecule has 0 bridgehead atoms. The van der Waals surface area contributed by atoms with Crippen LogP contribution in [0.15, 0.2) is 36.4 Å². The molecule has 1 aliphatic heterocycles. The third kappa shape index (κ3) is 2.69. The van der Waals surface area contributed by atoms with Gasteiger partial charge in [0, 0.05) is 6.07 Å². The highest BCUT2D eigenvalue weighted by molar-refractivity contribution is 6.35. The Bertz CT molecular complexity index is 913. The SMILES string of the molecule is Cc1cc(OC(F)F)ccc1N1C(=O)c2cccc([N+](=O)[O-])c2C1=O. The number of halogens is 2. The molecule has 2 aromatic rings. The topological polar surface area (TPSA) is 89.8 Å². The van der Waals surface area contributed by atoms with Crippen LogP contribution in [0.4, 0.5) is 20.2 Å². The number of hydrogen-bond acceptors (Lipinski definition) is 5. The molecule has 0 atom stereocenters. The number of rotatable bonds is 4. The third-order valence-corrected chi connectivity index (χ3v) is 3.72. The number of amides is 2. The van der Waals surface area contributed by atoms with Crippen LogP contribution in [-0.2, 0) is 0 Å². The number of fused-ring (bicyclic) bond motifs is 1. The summed E-state index contributed by atoms with van der Waals surface area (Å²) in [6.45, 7) is -1.50. The Hall–Kier alpha value is -3.36. The smallest absolute Gasteiger partial charge is 0.387 e. The minimum absolute atomic E-state index is 0.0773. The van der Waals surface area contributed by atoms with Gasteiger partial charge < -0.3 is 4.74 Å². The van der Waals surface area contributed by atoms with Gasteiger partial charge in [0.2, 0.25) is 0 Å². The molecule has 0 spiro atoms. The summed E-state index contributed by atoms with van der Waals surface area (Å²) in [6, 6.07) is 7.50. The van der Waals surface area contributed by atoms with E-state index < -0.39 is 29.0 Å². The third-order valence-electron chi connectivity index (χ3n) is 3.72. The van der Waals surface area contributed by atoms with Gasteiger partial charge in [-0.05, 0) is 36.8 Å². The molecule has 0 saturated carbocycles. The van der Waals surface area contributed by atoms with E-state index in [1.165, 1.54) is 37.3 Å². The van der Waals surface area contributed by atoms with Crippen LogP contribution < -0.4 is 9.64 Å². The molecular formula is C16H10F2N2O5. The molecule has 0 fully saturated rings. The maximum Gasteiger partial charge on any atom is 0.387 e. The standard InChI is InChI=1S/C16H10F2N2O5/c1-8-7-9(25-16(17)18)5-6-11(8)19-14(21)10-3-2-4-12(20(23)24)13(10)15(19)22/h2-7,16H,1H3. The minimum Gasteiger partial charge on any atom is -0.435 e. The number of ether oxygens (including phenoxy) is 1. The molecule has 9 heteroatoms. The number of anilines is 1. The average molecular weight is 348 g/mol. The molecule has 0 saturated heterocycles. The molecule has 1 heterocycles. The van der Waals surface area contributed by atoms with Crippen LogP contribution in [-0.4, -0.2) is 23.3 Å². The number of nitrogens with zero attached hydrogens (tertiary/aromatic N) is 2. The van der Waals surface area contributed by atoms with E-state index in [1.54, 1.807) is 0 Å². The summed E-state index contributed by atoms with van der Waals surface area (Å²) in [7, 11) is 0. The van der Waals surface area contributed by atoms with Crippen molar-refractivity contribution in [2.45, 2.75) is 13.5 Å². The minimum atomic E-state index is -3.01. The molecule has 2 aromatic carbocycles. The number of hydrogen-bond donors (Lipinski definition) is 0. The lowest BCUT2D eigenvalue weighted by Crippen LogP contribution is -2.30. The first-order valence-corrected chi connectivity index (χ1v) is 7.03. The summed E-state index contributed by atoms with van der Waals surface area (Å²) in [6.07, 6.45) is 0. The van der Waals surface area contributed by atoms with Crippen LogP contribution >= 0.6 is 0 Å². The highest BCUT2D eigenvalue weighted by Crippen LogP contribution is 2.36. The fourth-order valence-electron chi connectivity index (χ4n) is 2.69. The Morgan fingerprint density at radius 1 is 1.16 bits per heavy atom. The monoisotopic (exact) mass is 348 g/mol. The second kappa shape index (κ2) is 5.93. The van der Waals surface area contributed by atoms with Gasteiger partial charge in [-0.1, -0.05) is 6.07 Å². The van der Waals surface area contributed by atoms with Gasteiger partial charge in [-0.25, -0.2) is 4.90 Å². The number of carbonyl (C=O) groups is 2. The molecule has 3 rings (SSSR count). The van der Waals surface area contributed by atoms with E-state index in [9.17, 15) is 28.5 Å². The summed E-state index contributed by atoms with van der Waals surface area (Å²) in [5.74, 6) is -1.67. The molecule has 0 aromatic heterocycles. The highest BCUT2D eigenvalue weighted by Gasteiger charge is 2.42. The van der Waals surface area contributed by atoms with Gasteiger partial charge >= 0.3 is 6.61 Å². The molecule has 1 aliphatic rings.